The van der Waals surface area contributed by atoms with Crippen LogP contribution < -0.4 is 0 Å². The van der Waals surface area contributed by atoms with Crippen LogP contribution >= 0.6 is 12.6 Å². The minimum Gasteiger partial charge on any atom is -0.122 e. The van der Waals surface area contributed by atoms with Crippen molar-refractivity contribution in [3.63, 3.8) is 0 Å². The van der Waals surface area contributed by atoms with Gasteiger partial charge in [-0.3, -0.25) is 0 Å². The molecule has 0 bridgehead atoms. The van der Waals surface area contributed by atoms with Gasteiger partial charge in [-0.2, -0.15) is 0 Å². The van der Waals surface area contributed by atoms with Gasteiger partial charge < -0.3 is 0 Å². The quantitative estimate of drug-likeness (QED) is 0.520. The zero-order valence-corrected chi connectivity index (χ0v) is 5.22. The molecule has 1 rings (SSSR count). The van der Waals surface area contributed by atoms with Crippen LogP contribution in [0.25, 0.3) is 0 Å². The zero-order chi connectivity index (χ0) is 6.04. The predicted molar refractivity (Wildman–Crippen MR) is 30.3 cm³/mol. The normalized spacial score (nSPS) is 22.2. The summed E-state index contributed by atoms with van der Waals surface area (Å²) >= 11 is 4.85. The van der Waals surface area contributed by atoms with Crippen LogP contribution in [0.3, 0.4) is 0 Å². The second-order valence-corrected chi connectivity index (χ2v) is 2.13. The topological polar surface area (TPSA) is 49.4 Å². The molecular weight excluding hydrogens is 124 g/mol. The first-order chi connectivity index (χ1) is 3.77. The van der Waals surface area contributed by atoms with Gasteiger partial charge in [0.2, 0.25) is 4.99 Å². The Bertz CT molecular complexity index is 128. The molecule has 5 heteroatoms. The van der Waals surface area contributed by atoms with Gasteiger partial charge in [0.15, 0.2) is 0 Å². The molecule has 1 heterocycles. The molecule has 0 fully saturated rings. The molecule has 0 unspecified atom stereocenters. The second-order valence-electron chi connectivity index (χ2n) is 1.48. The molecule has 0 aliphatic carbocycles. The largest absolute Gasteiger partial charge is 0.249 e. The van der Waals surface area contributed by atoms with Gasteiger partial charge in [-0.05, 0) is 23.1 Å². The average Bonchev–Trinajstić information content (AvgIpc) is 2.17. The Kier molecular flexibility index (Phi) is 1.29. The Hall–Kier alpha value is -0.450. The first kappa shape index (κ1) is 5.68. The van der Waals surface area contributed by atoms with Crippen molar-refractivity contribution in [1.29, 1.82) is 0 Å². The van der Waals surface area contributed by atoms with E-state index < -0.39 is 4.99 Å². The monoisotopic (exact) mass is 129 g/mol. The summed E-state index contributed by atoms with van der Waals surface area (Å²) in [6.07, 6.45) is 0.676. The Balaban J connectivity index is 2.69. The van der Waals surface area contributed by atoms with E-state index in [1.54, 1.807) is 0 Å². The summed E-state index contributed by atoms with van der Waals surface area (Å²) < 4.78 is 0. The fraction of sp³-hybridized carbons (Fsp3) is 1.00. The van der Waals surface area contributed by atoms with E-state index in [-0.39, 0.29) is 0 Å². The molecule has 1 radical (unpaired) electrons. The number of hydrogen-bond donors (Lipinski definition) is 0. The number of hydrogen-bond acceptors (Lipinski definition) is 4. The molecular formula is C3H5N4S. The smallest absolute Gasteiger partial charge is 0.122 e. The van der Waals surface area contributed by atoms with Gasteiger partial charge in [-0.25, -0.2) is 0 Å². The van der Waals surface area contributed by atoms with E-state index in [0.717, 1.165) is 0 Å². The van der Waals surface area contributed by atoms with Gasteiger partial charge in [-0.1, -0.05) is 6.92 Å². The van der Waals surface area contributed by atoms with Gasteiger partial charge in [-0.15, -0.1) is 10.2 Å². The van der Waals surface area contributed by atoms with Gasteiger partial charge in [0.1, 0.15) is 0 Å². The molecule has 0 aromatic carbocycles. The van der Waals surface area contributed by atoms with Crippen molar-refractivity contribution in [3.05, 3.63) is 0 Å². The maximum atomic E-state index is 4.85. The molecule has 0 amide bonds. The van der Waals surface area contributed by atoms with Crippen molar-refractivity contribution in [3.8, 4) is 0 Å². The van der Waals surface area contributed by atoms with Crippen LogP contribution in [0.2, 0.25) is 0 Å². The van der Waals surface area contributed by atoms with E-state index in [2.05, 4.69) is 20.7 Å². The highest BCUT2D eigenvalue weighted by molar-refractivity contribution is 7.81. The summed E-state index contributed by atoms with van der Waals surface area (Å²) in [4.78, 5) is -0.764. The fourth-order valence-electron chi connectivity index (χ4n) is 0.341. The van der Waals surface area contributed by atoms with Crippen molar-refractivity contribution in [2.75, 3.05) is 0 Å². The minimum absolute atomic E-state index is 0.676. The van der Waals surface area contributed by atoms with Crippen molar-refractivity contribution in [1.82, 2.24) is 0 Å². The average molecular weight is 129 g/mol. The van der Waals surface area contributed by atoms with Crippen LogP contribution in [0.4, 0.5) is 0 Å². The van der Waals surface area contributed by atoms with E-state index in [4.69, 9.17) is 12.6 Å². The van der Waals surface area contributed by atoms with Gasteiger partial charge in [0, 0.05) is 6.42 Å². The Morgan fingerprint density at radius 2 is 1.88 bits per heavy atom. The molecule has 0 aromatic rings. The Morgan fingerprint density at radius 3 is 2.12 bits per heavy atom. The van der Waals surface area contributed by atoms with Crippen molar-refractivity contribution >= 4 is 12.6 Å². The highest BCUT2D eigenvalue weighted by Crippen LogP contribution is 2.27. The van der Waals surface area contributed by atoms with Crippen molar-refractivity contribution in [2.45, 2.75) is 18.3 Å². The van der Waals surface area contributed by atoms with E-state index >= 15 is 0 Å². The molecule has 0 saturated heterocycles. The fourth-order valence-corrected chi connectivity index (χ4v) is 0.414. The molecule has 1 aliphatic heterocycles. The molecule has 4 nitrogen and oxygen atoms in total. The molecule has 0 N–H and O–H groups in total. The van der Waals surface area contributed by atoms with Gasteiger partial charge >= 0.3 is 0 Å². The first-order valence-electron chi connectivity index (χ1n) is 2.31. The highest BCUT2D eigenvalue weighted by atomic mass is 32.1. The lowest BCUT2D eigenvalue weighted by Crippen LogP contribution is -2.08. The number of nitrogens with zero attached hydrogens (tertiary/aromatic N) is 4. The third-order valence-corrected chi connectivity index (χ3v) is 1.35. The van der Waals surface area contributed by atoms with E-state index in [1.807, 2.05) is 6.92 Å². The van der Waals surface area contributed by atoms with Crippen LogP contribution in [-0.4, -0.2) is 4.99 Å². The SMILES string of the molecule is CCC1([S])N=NN=N1. The standard InChI is InChI=1S/C3H5N4S/c1-2-3(8)4-6-7-5-3/h2H2,1H3. The molecule has 0 atom stereocenters. The van der Waals surface area contributed by atoms with E-state index in [1.165, 1.54) is 0 Å². The van der Waals surface area contributed by atoms with Gasteiger partial charge in [0.05, 0.1) is 0 Å². The summed E-state index contributed by atoms with van der Waals surface area (Å²) in [5.41, 5.74) is 0. The van der Waals surface area contributed by atoms with Crippen LogP contribution in [0, 0.1) is 0 Å². The number of rotatable bonds is 1. The second kappa shape index (κ2) is 1.81. The van der Waals surface area contributed by atoms with Crippen molar-refractivity contribution in [2.24, 2.45) is 20.7 Å². The molecule has 8 heavy (non-hydrogen) atoms. The Morgan fingerprint density at radius 1 is 1.38 bits per heavy atom. The van der Waals surface area contributed by atoms with Gasteiger partial charge in [0.25, 0.3) is 0 Å². The van der Waals surface area contributed by atoms with Crippen LogP contribution in [0.1, 0.15) is 13.3 Å². The summed E-state index contributed by atoms with van der Waals surface area (Å²) in [5, 5.41) is 13.8. The summed E-state index contributed by atoms with van der Waals surface area (Å²) in [6, 6.07) is 0. The van der Waals surface area contributed by atoms with Crippen LogP contribution in [0.15, 0.2) is 20.7 Å². The molecule has 0 aromatic heterocycles. The maximum absolute atomic E-state index is 4.85. The summed E-state index contributed by atoms with van der Waals surface area (Å²) in [5.74, 6) is 0. The first-order valence-corrected chi connectivity index (χ1v) is 2.72. The van der Waals surface area contributed by atoms with Crippen LogP contribution in [-0.2, 0) is 0 Å². The minimum atomic E-state index is -0.764. The van der Waals surface area contributed by atoms with Crippen molar-refractivity contribution < 1.29 is 0 Å². The Labute approximate surface area is 52.5 Å². The molecule has 0 spiro atoms. The molecule has 1 aliphatic rings. The van der Waals surface area contributed by atoms with E-state index in [0.29, 0.717) is 6.42 Å². The lowest BCUT2D eigenvalue weighted by atomic mass is 10.4. The lowest BCUT2D eigenvalue weighted by Gasteiger charge is -2.04. The zero-order valence-electron chi connectivity index (χ0n) is 4.40. The summed E-state index contributed by atoms with van der Waals surface area (Å²) in [6.45, 7) is 1.90. The van der Waals surface area contributed by atoms with E-state index in [9.17, 15) is 0 Å². The third-order valence-electron chi connectivity index (χ3n) is 0.903. The van der Waals surface area contributed by atoms with Crippen LogP contribution in [0.5, 0.6) is 0 Å². The predicted octanol–water partition coefficient (Wildman–Crippen LogP) is 2.08. The lowest BCUT2D eigenvalue weighted by molar-refractivity contribution is 0.621. The molecule has 43 valence electrons. The third kappa shape index (κ3) is 0.861. The maximum Gasteiger partial charge on any atom is 0.249 e. The molecule has 0 saturated carbocycles. The summed E-state index contributed by atoms with van der Waals surface area (Å²) in [7, 11) is 0. The highest BCUT2D eigenvalue weighted by Gasteiger charge is 2.25.